The third-order valence-corrected chi connectivity index (χ3v) is 4.16. The molecule has 1 saturated heterocycles. The van der Waals surface area contributed by atoms with Crippen molar-refractivity contribution in [2.75, 3.05) is 18.1 Å². The van der Waals surface area contributed by atoms with E-state index in [1.54, 1.807) is 0 Å². The Hall–Kier alpha value is -1.07. The lowest BCUT2D eigenvalue weighted by atomic mass is 10.1. The van der Waals surface area contributed by atoms with E-state index in [1.807, 2.05) is 30.0 Å². The van der Waals surface area contributed by atoms with Gasteiger partial charge in [-0.1, -0.05) is 6.07 Å². The van der Waals surface area contributed by atoms with Crippen molar-refractivity contribution in [3.8, 4) is 0 Å². The maximum Gasteiger partial charge on any atom is 0.245 e. The number of hydrogen-bond donors (Lipinski definition) is 2. The van der Waals surface area contributed by atoms with Gasteiger partial charge < -0.3 is 15.3 Å². The van der Waals surface area contributed by atoms with E-state index < -0.39 is 6.04 Å². The summed E-state index contributed by atoms with van der Waals surface area (Å²) in [4.78, 5) is 14.0. The van der Waals surface area contributed by atoms with Crippen LogP contribution in [0.25, 0.3) is 0 Å². The summed E-state index contributed by atoms with van der Waals surface area (Å²) in [7, 11) is 0. The molecule has 0 saturated carbocycles. The number of amides is 1. The number of carbonyl (C=O) groups excluding carboxylic acids is 1. The first-order valence-corrected chi connectivity index (χ1v) is 7.27. The van der Waals surface area contributed by atoms with E-state index in [1.165, 1.54) is 0 Å². The Morgan fingerprint density at radius 1 is 1.53 bits per heavy atom. The van der Waals surface area contributed by atoms with Crippen molar-refractivity contribution < 1.29 is 9.90 Å². The highest BCUT2D eigenvalue weighted by atomic mass is 79.9. The third-order valence-electron chi connectivity index (χ3n) is 3.53. The second kappa shape index (κ2) is 5.92. The lowest BCUT2D eigenvalue weighted by molar-refractivity contribution is -0.122. The standard InChI is InChI=1S/C14H19BrN2O2/c1-9-3-4-12(11(15)7-9)17-10(2)5-6-16-14(19)13(17)8-18/h3-4,7,10,13,18H,5-6,8H2,1-2H3,(H,16,19). The van der Waals surface area contributed by atoms with Gasteiger partial charge in [-0.05, 0) is 53.9 Å². The van der Waals surface area contributed by atoms with Gasteiger partial charge in [-0.2, -0.15) is 0 Å². The summed E-state index contributed by atoms with van der Waals surface area (Å²) in [5.74, 6) is -0.112. The van der Waals surface area contributed by atoms with Gasteiger partial charge in [-0.25, -0.2) is 0 Å². The number of nitrogens with zero attached hydrogens (tertiary/aromatic N) is 1. The zero-order valence-corrected chi connectivity index (χ0v) is 12.8. The Morgan fingerprint density at radius 2 is 2.26 bits per heavy atom. The lowest BCUT2D eigenvalue weighted by Crippen LogP contribution is -2.49. The summed E-state index contributed by atoms with van der Waals surface area (Å²) < 4.78 is 0.951. The number of aliphatic hydroxyl groups excluding tert-OH is 1. The largest absolute Gasteiger partial charge is 0.394 e. The molecule has 104 valence electrons. The van der Waals surface area contributed by atoms with Crippen LogP contribution in [0.2, 0.25) is 0 Å². The zero-order chi connectivity index (χ0) is 14.0. The van der Waals surface area contributed by atoms with Crippen LogP contribution in [0.15, 0.2) is 22.7 Å². The highest BCUT2D eigenvalue weighted by Crippen LogP contribution is 2.31. The molecule has 4 nitrogen and oxygen atoms in total. The van der Waals surface area contributed by atoms with Crippen molar-refractivity contribution in [3.63, 3.8) is 0 Å². The Bertz CT molecular complexity index is 479. The average molecular weight is 327 g/mol. The van der Waals surface area contributed by atoms with Crippen molar-refractivity contribution >= 4 is 27.5 Å². The second-order valence-corrected chi connectivity index (χ2v) is 5.84. The number of aliphatic hydroxyl groups is 1. The fourth-order valence-electron chi connectivity index (χ4n) is 2.49. The monoisotopic (exact) mass is 326 g/mol. The van der Waals surface area contributed by atoms with Crippen LogP contribution < -0.4 is 10.2 Å². The van der Waals surface area contributed by atoms with E-state index in [2.05, 4.69) is 28.2 Å². The summed E-state index contributed by atoms with van der Waals surface area (Å²) in [5, 5.41) is 12.4. The quantitative estimate of drug-likeness (QED) is 0.871. The van der Waals surface area contributed by atoms with Crippen LogP contribution in [0, 0.1) is 6.92 Å². The van der Waals surface area contributed by atoms with E-state index in [0.29, 0.717) is 6.54 Å². The number of halogens is 1. The third kappa shape index (κ3) is 2.92. The van der Waals surface area contributed by atoms with Crippen LogP contribution in [0.1, 0.15) is 18.9 Å². The Kier molecular flexibility index (Phi) is 4.47. The van der Waals surface area contributed by atoms with Gasteiger partial charge in [0.1, 0.15) is 6.04 Å². The molecule has 19 heavy (non-hydrogen) atoms. The van der Waals surface area contributed by atoms with E-state index in [-0.39, 0.29) is 18.6 Å². The summed E-state index contributed by atoms with van der Waals surface area (Å²) in [6.07, 6.45) is 0.864. The molecule has 5 heteroatoms. The van der Waals surface area contributed by atoms with Crippen molar-refractivity contribution in [2.24, 2.45) is 0 Å². The molecule has 2 rings (SSSR count). The van der Waals surface area contributed by atoms with Gasteiger partial charge >= 0.3 is 0 Å². The molecule has 1 aliphatic heterocycles. The normalized spacial score (nSPS) is 24.0. The number of carbonyl (C=O) groups is 1. The molecule has 0 aliphatic carbocycles. The molecule has 1 aromatic rings. The molecule has 1 aliphatic rings. The van der Waals surface area contributed by atoms with Crippen molar-refractivity contribution in [1.82, 2.24) is 5.32 Å². The number of hydrogen-bond acceptors (Lipinski definition) is 3. The molecule has 0 bridgehead atoms. The minimum atomic E-state index is -0.531. The molecule has 1 heterocycles. The molecule has 1 amide bonds. The Balaban J connectivity index is 2.44. The van der Waals surface area contributed by atoms with Gasteiger partial charge in [-0.15, -0.1) is 0 Å². The summed E-state index contributed by atoms with van der Waals surface area (Å²) in [6.45, 7) is 4.57. The topological polar surface area (TPSA) is 52.6 Å². The first-order chi connectivity index (χ1) is 9.04. The fraction of sp³-hybridized carbons (Fsp3) is 0.500. The van der Waals surface area contributed by atoms with E-state index in [9.17, 15) is 9.90 Å². The van der Waals surface area contributed by atoms with Gasteiger partial charge in [0.05, 0.1) is 12.3 Å². The lowest BCUT2D eigenvalue weighted by Gasteiger charge is -2.35. The molecule has 0 radical (unpaired) electrons. The van der Waals surface area contributed by atoms with Gasteiger partial charge in [0.15, 0.2) is 0 Å². The first-order valence-electron chi connectivity index (χ1n) is 6.47. The van der Waals surface area contributed by atoms with Gasteiger partial charge in [0, 0.05) is 17.1 Å². The van der Waals surface area contributed by atoms with Crippen molar-refractivity contribution in [3.05, 3.63) is 28.2 Å². The summed E-state index contributed by atoms with van der Waals surface area (Å²) >= 11 is 3.56. The predicted molar refractivity (Wildman–Crippen MR) is 79.3 cm³/mol. The Labute approximate surface area is 121 Å². The maximum atomic E-state index is 12.0. The fourth-order valence-corrected chi connectivity index (χ4v) is 3.19. The smallest absolute Gasteiger partial charge is 0.245 e. The number of nitrogens with one attached hydrogen (secondary N) is 1. The minimum absolute atomic E-state index is 0.112. The molecule has 2 atom stereocenters. The van der Waals surface area contributed by atoms with Crippen molar-refractivity contribution in [1.29, 1.82) is 0 Å². The predicted octanol–water partition coefficient (Wildman–Crippen LogP) is 1.83. The van der Waals surface area contributed by atoms with Crippen LogP contribution in [0.4, 0.5) is 5.69 Å². The average Bonchev–Trinajstić information content (AvgIpc) is 2.49. The van der Waals surface area contributed by atoms with E-state index >= 15 is 0 Å². The molecule has 2 N–H and O–H groups in total. The summed E-state index contributed by atoms with van der Waals surface area (Å²) in [6, 6.07) is 5.70. The number of rotatable bonds is 2. The SMILES string of the molecule is Cc1ccc(N2C(C)CCNC(=O)C2CO)c(Br)c1. The molecule has 1 aromatic carbocycles. The van der Waals surface area contributed by atoms with Crippen LogP contribution in [0.3, 0.4) is 0 Å². The molecule has 2 unspecified atom stereocenters. The molecular weight excluding hydrogens is 308 g/mol. The van der Waals surface area contributed by atoms with E-state index in [4.69, 9.17) is 0 Å². The number of anilines is 1. The molecule has 0 spiro atoms. The van der Waals surface area contributed by atoms with E-state index in [0.717, 1.165) is 22.1 Å². The summed E-state index contributed by atoms with van der Waals surface area (Å²) in [5.41, 5.74) is 2.11. The Morgan fingerprint density at radius 3 is 2.89 bits per heavy atom. The van der Waals surface area contributed by atoms with Crippen molar-refractivity contribution in [2.45, 2.75) is 32.4 Å². The highest BCUT2D eigenvalue weighted by molar-refractivity contribution is 9.10. The molecule has 1 fully saturated rings. The van der Waals surface area contributed by atoms with Crippen LogP contribution in [-0.2, 0) is 4.79 Å². The number of benzene rings is 1. The van der Waals surface area contributed by atoms with Gasteiger partial charge in [-0.3, -0.25) is 4.79 Å². The van der Waals surface area contributed by atoms with Crippen LogP contribution in [-0.4, -0.2) is 36.2 Å². The van der Waals surface area contributed by atoms with Gasteiger partial charge in [0.25, 0.3) is 0 Å². The zero-order valence-electron chi connectivity index (χ0n) is 11.2. The molecule has 0 aromatic heterocycles. The highest BCUT2D eigenvalue weighted by Gasteiger charge is 2.32. The first kappa shape index (κ1) is 14.3. The second-order valence-electron chi connectivity index (χ2n) is 4.99. The maximum absolute atomic E-state index is 12.0. The van der Waals surface area contributed by atoms with Crippen LogP contribution >= 0.6 is 15.9 Å². The van der Waals surface area contributed by atoms with Crippen LogP contribution in [0.5, 0.6) is 0 Å². The molecular formula is C14H19BrN2O2. The van der Waals surface area contributed by atoms with Gasteiger partial charge in [0.2, 0.25) is 5.91 Å². The number of aryl methyl sites for hydroxylation is 1. The minimum Gasteiger partial charge on any atom is -0.394 e.